The summed E-state index contributed by atoms with van der Waals surface area (Å²) in [4.78, 5) is 0. The molecule has 2 nitrogen and oxygen atoms in total. The van der Waals surface area contributed by atoms with Gasteiger partial charge >= 0.3 is 0 Å². The molecule has 0 spiro atoms. The second-order valence-corrected chi connectivity index (χ2v) is 6.44. The van der Waals surface area contributed by atoms with E-state index in [-0.39, 0.29) is 5.41 Å². The molecule has 100 valence electrons. The summed E-state index contributed by atoms with van der Waals surface area (Å²) >= 11 is 0. The Morgan fingerprint density at radius 3 is 2.50 bits per heavy atom. The third kappa shape index (κ3) is 2.54. The number of nitrogens with one attached hydrogen (secondary N) is 1. The van der Waals surface area contributed by atoms with Crippen LogP contribution in [-0.2, 0) is 5.41 Å². The Kier molecular flexibility index (Phi) is 3.67. The van der Waals surface area contributed by atoms with Gasteiger partial charge in [-0.3, -0.25) is 0 Å². The summed E-state index contributed by atoms with van der Waals surface area (Å²) < 4.78 is 0. The van der Waals surface area contributed by atoms with Gasteiger partial charge in [0.15, 0.2) is 0 Å². The molecular formula is C16H25NO. The maximum Gasteiger partial charge on any atom is 0.124 e. The third-order valence-corrected chi connectivity index (χ3v) is 3.90. The lowest BCUT2D eigenvalue weighted by atomic mass is 9.82. The average Bonchev–Trinajstić information content (AvgIpc) is 2.28. The molecule has 0 radical (unpaired) electrons. The highest BCUT2D eigenvalue weighted by atomic mass is 16.3. The molecule has 0 amide bonds. The van der Waals surface area contributed by atoms with Crippen molar-refractivity contribution < 1.29 is 5.11 Å². The van der Waals surface area contributed by atoms with Crippen molar-refractivity contribution in [2.24, 2.45) is 0 Å². The predicted molar refractivity (Wildman–Crippen MR) is 76.1 cm³/mol. The largest absolute Gasteiger partial charge is 0.507 e. The van der Waals surface area contributed by atoms with Gasteiger partial charge in [0.1, 0.15) is 5.75 Å². The maximum atomic E-state index is 10.6. The molecule has 0 aliphatic carbocycles. The zero-order valence-electron chi connectivity index (χ0n) is 12.0. The minimum Gasteiger partial charge on any atom is -0.507 e. The molecule has 1 saturated heterocycles. The van der Waals surface area contributed by atoms with Crippen molar-refractivity contribution in [2.45, 2.75) is 58.4 Å². The lowest BCUT2D eigenvalue weighted by molar-refractivity contribution is 0.382. The molecule has 2 N–H and O–H groups in total. The Balaban J connectivity index is 2.45. The first-order chi connectivity index (χ1) is 8.41. The van der Waals surface area contributed by atoms with E-state index in [1.165, 1.54) is 18.4 Å². The van der Waals surface area contributed by atoms with Crippen molar-refractivity contribution in [3.05, 3.63) is 28.8 Å². The summed E-state index contributed by atoms with van der Waals surface area (Å²) in [5, 5.41) is 14.2. The van der Waals surface area contributed by atoms with E-state index >= 15 is 0 Å². The Morgan fingerprint density at radius 2 is 1.94 bits per heavy atom. The molecule has 1 aromatic carbocycles. The fourth-order valence-electron chi connectivity index (χ4n) is 2.85. The maximum absolute atomic E-state index is 10.6. The monoisotopic (exact) mass is 247 g/mol. The topological polar surface area (TPSA) is 32.3 Å². The molecule has 1 atom stereocenters. The molecule has 1 fully saturated rings. The van der Waals surface area contributed by atoms with Gasteiger partial charge in [-0.25, -0.2) is 0 Å². The van der Waals surface area contributed by atoms with Crippen molar-refractivity contribution >= 4 is 0 Å². The zero-order chi connectivity index (χ0) is 13.3. The Hall–Kier alpha value is -1.02. The highest BCUT2D eigenvalue weighted by molar-refractivity contribution is 5.49. The minimum atomic E-state index is -0.0127. The van der Waals surface area contributed by atoms with Gasteiger partial charge in [-0.15, -0.1) is 0 Å². The number of phenols is 1. The molecule has 1 aliphatic heterocycles. The molecule has 18 heavy (non-hydrogen) atoms. The molecule has 0 saturated carbocycles. The fourth-order valence-corrected chi connectivity index (χ4v) is 2.85. The number of benzene rings is 1. The minimum absolute atomic E-state index is 0.0127. The van der Waals surface area contributed by atoms with Crippen LogP contribution in [0.3, 0.4) is 0 Å². The van der Waals surface area contributed by atoms with E-state index in [4.69, 9.17) is 0 Å². The SMILES string of the molecule is Cc1ccc(C(C)(C)C)c(O)c1C1CCCCN1. The molecule has 0 aromatic heterocycles. The van der Waals surface area contributed by atoms with Gasteiger partial charge in [-0.2, -0.15) is 0 Å². The van der Waals surface area contributed by atoms with Gasteiger partial charge in [-0.1, -0.05) is 39.3 Å². The van der Waals surface area contributed by atoms with E-state index in [0.29, 0.717) is 11.8 Å². The van der Waals surface area contributed by atoms with Crippen LogP contribution in [0.4, 0.5) is 0 Å². The molecule has 1 heterocycles. The number of piperidine rings is 1. The van der Waals surface area contributed by atoms with E-state index in [1.54, 1.807) is 0 Å². The van der Waals surface area contributed by atoms with E-state index < -0.39 is 0 Å². The molecular weight excluding hydrogens is 222 g/mol. The second kappa shape index (κ2) is 4.93. The summed E-state index contributed by atoms with van der Waals surface area (Å²) in [6.07, 6.45) is 3.62. The van der Waals surface area contributed by atoms with E-state index in [0.717, 1.165) is 24.1 Å². The third-order valence-electron chi connectivity index (χ3n) is 3.90. The van der Waals surface area contributed by atoms with E-state index in [2.05, 4.69) is 45.1 Å². The number of aryl methyl sites for hydroxylation is 1. The number of hydrogen-bond acceptors (Lipinski definition) is 2. The molecule has 1 aromatic rings. The summed E-state index contributed by atoms with van der Waals surface area (Å²) in [5.74, 6) is 0.502. The number of aromatic hydroxyl groups is 1. The molecule has 1 unspecified atom stereocenters. The summed E-state index contributed by atoms with van der Waals surface area (Å²) in [5.41, 5.74) is 3.35. The highest BCUT2D eigenvalue weighted by Gasteiger charge is 2.25. The fraction of sp³-hybridized carbons (Fsp3) is 0.625. The van der Waals surface area contributed by atoms with Gasteiger partial charge in [0.25, 0.3) is 0 Å². The summed E-state index contributed by atoms with van der Waals surface area (Å²) in [6.45, 7) is 9.60. The normalized spacial score (nSPS) is 21.0. The lowest BCUT2D eigenvalue weighted by Crippen LogP contribution is -2.28. The van der Waals surface area contributed by atoms with Crippen LogP contribution >= 0.6 is 0 Å². The van der Waals surface area contributed by atoms with Crippen LogP contribution in [0.1, 0.15) is 62.8 Å². The van der Waals surface area contributed by atoms with Crippen LogP contribution in [0.15, 0.2) is 12.1 Å². The van der Waals surface area contributed by atoms with Gasteiger partial charge < -0.3 is 10.4 Å². The number of phenolic OH excluding ortho intramolecular Hbond substituents is 1. The lowest BCUT2D eigenvalue weighted by Gasteiger charge is -2.29. The van der Waals surface area contributed by atoms with Gasteiger partial charge in [0.2, 0.25) is 0 Å². The first-order valence-electron chi connectivity index (χ1n) is 6.97. The zero-order valence-corrected chi connectivity index (χ0v) is 12.0. The van der Waals surface area contributed by atoms with Crippen molar-refractivity contribution in [2.75, 3.05) is 6.54 Å². The second-order valence-electron chi connectivity index (χ2n) is 6.44. The molecule has 1 aliphatic rings. The Labute approximate surface area is 110 Å². The van der Waals surface area contributed by atoms with E-state index in [9.17, 15) is 5.11 Å². The Bertz CT molecular complexity index is 425. The molecule has 2 heteroatoms. The van der Waals surface area contributed by atoms with Gasteiger partial charge in [-0.05, 0) is 42.9 Å². The van der Waals surface area contributed by atoms with Gasteiger partial charge in [0.05, 0.1) is 0 Å². The summed E-state index contributed by atoms with van der Waals surface area (Å²) in [7, 11) is 0. The van der Waals surface area contributed by atoms with E-state index in [1.807, 2.05) is 0 Å². The quantitative estimate of drug-likeness (QED) is 0.791. The van der Waals surface area contributed by atoms with Gasteiger partial charge in [0, 0.05) is 11.6 Å². The Morgan fingerprint density at radius 1 is 1.22 bits per heavy atom. The summed E-state index contributed by atoms with van der Waals surface area (Å²) in [6, 6.07) is 4.53. The highest BCUT2D eigenvalue weighted by Crippen LogP contribution is 2.39. The first-order valence-corrected chi connectivity index (χ1v) is 6.97. The van der Waals surface area contributed by atoms with Crippen molar-refractivity contribution in [1.29, 1.82) is 0 Å². The van der Waals surface area contributed by atoms with Crippen LogP contribution in [0.2, 0.25) is 0 Å². The van der Waals surface area contributed by atoms with Crippen LogP contribution in [0, 0.1) is 6.92 Å². The molecule has 0 bridgehead atoms. The standard InChI is InChI=1S/C16H25NO/c1-11-8-9-12(16(2,3)4)15(18)14(11)13-7-5-6-10-17-13/h8-9,13,17-18H,5-7,10H2,1-4H3. The number of hydrogen-bond donors (Lipinski definition) is 2. The van der Waals surface area contributed by atoms with Crippen LogP contribution in [-0.4, -0.2) is 11.7 Å². The van der Waals surface area contributed by atoms with Crippen LogP contribution in [0.25, 0.3) is 0 Å². The van der Waals surface area contributed by atoms with Crippen LogP contribution < -0.4 is 5.32 Å². The predicted octanol–water partition coefficient (Wildman–Crippen LogP) is 3.81. The van der Waals surface area contributed by atoms with Crippen molar-refractivity contribution in [3.8, 4) is 5.75 Å². The first kappa shape index (κ1) is 13.4. The van der Waals surface area contributed by atoms with Crippen LogP contribution in [0.5, 0.6) is 5.75 Å². The van der Waals surface area contributed by atoms with Crippen molar-refractivity contribution in [3.63, 3.8) is 0 Å². The smallest absolute Gasteiger partial charge is 0.124 e. The van der Waals surface area contributed by atoms with Crippen molar-refractivity contribution in [1.82, 2.24) is 5.32 Å². The average molecular weight is 247 g/mol. The number of rotatable bonds is 1. The molecule has 2 rings (SSSR count).